The van der Waals surface area contributed by atoms with Gasteiger partial charge in [0.2, 0.25) is 0 Å². The summed E-state index contributed by atoms with van der Waals surface area (Å²) >= 11 is 2.01. The lowest BCUT2D eigenvalue weighted by Crippen LogP contribution is -2.25. The Hall–Kier alpha value is -0.180. The highest BCUT2D eigenvalue weighted by Gasteiger charge is 2.13. The second-order valence-corrected chi connectivity index (χ2v) is 4.75. The second kappa shape index (κ2) is 4.75. The van der Waals surface area contributed by atoms with E-state index in [2.05, 4.69) is 31.3 Å². The molecular weight excluding hydrogens is 168 g/mol. The van der Waals surface area contributed by atoms with Crippen LogP contribution in [0.25, 0.3) is 0 Å². The standard InChI is InChI=1S/C9H18N2S/c1-7(2)8(3)10-11-9-4-5-12-6-9/h7,9,11H,4-6H2,1-3H3/b10-8+. The number of thioether (sulfide) groups is 1. The predicted molar refractivity (Wildman–Crippen MR) is 56.8 cm³/mol. The van der Waals surface area contributed by atoms with E-state index in [0.29, 0.717) is 12.0 Å². The molecule has 0 aromatic carbocycles. The van der Waals surface area contributed by atoms with Gasteiger partial charge in [0.25, 0.3) is 0 Å². The maximum absolute atomic E-state index is 4.36. The van der Waals surface area contributed by atoms with E-state index >= 15 is 0 Å². The minimum atomic E-state index is 0.562. The fourth-order valence-electron chi connectivity index (χ4n) is 0.959. The Morgan fingerprint density at radius 2 is 2.33 bits per heavy atom. The molecular formula is C9H18N2S. The van der Waals surface area contributed by atoms with Crippen molar-refractivity contribution in [3.05, 3.63) is 0 Å². The van der Waals surface area contributed by atoms with Gasteiger partial charge in [0.1, 0.15) is 0 Å². The second-order valence-electron chi connectivity index (χ2n) is 3.60. The average Bonchev–Trinajstić information content (AvgIpc) is 2.51. The van der Waals surface area contributed by atoms with Crippen LogP contribution in [0, 0.1) is 5.92 Å². The van der Waals surface area contributed by atoms with Crippen LogP contribution in [-0.4, -0.2) is 23.3 Å². The van der Waals surface area contributed by atoms with Crippen LogP contribution in [0.2, 0.25) is 0 Å². The summed E-state index contributed by atoms with van der Waals surface area (Å²) in [6.45, 7) is 6.42. The quantitative estimate of drug-likeness (QED) is 0.539. The van der Waals surface area contributed by atoms with Crippen LogP contribution >= 0.6 is 11.8 Å². The van der Waals surface area contributed by atoms with Crippen molar-refractivity contribution in [2.45, 2.75) is 33.2 Å². The molecule has 0 aliphatic carbocycles. The number of hydrogen-bond acceptors (Lipinski definition) is 3. The van der Waals surface area contributed by atoms with Crippen LogP contribution < -0.4 is 5.43 Å². The van der Waals surface area contributed by atoms with Crippen LogP contribution in [0.1, 0.15) is 27.2 Å². The lowest BCUT2D eigenvalue weighted by atomic mass is 10.1. The summed E-state index contributed by atoms with van der Waals surface area (Å²) in [5.74, 6) is 3.06. The molecule has 3 heteroatoms. The highest BCUT2D eigenvalue weighted by molar-refractivity contribution is 7.99. The Morgan fingerprint density at radius 1 is 1.58 bits per heavy atom. The zero-order valence-electron chi connectivity index (χ0n) is 8.13. The zero-order chi connectivity index (χ0) is 8.97. The number of nitrogens with one attached hydrogen (secondary N) is 1. The smallest absolute Gasteiger partial charge is 0.0538 e. The van der Waals surface area contributed by atoms with Gasteiger partial charge in [-0.05, 0) is 25.0 Å². The molecule has 1 aliphatic heterocycles. The first-order valence-corrected chi connectivity index (χ1v) is 5.73. The van der Waals surface area contributed by atoms with Crippen molar-refractivity contribution in [3.8, 4) is 0 Å². The van der Waals surface area contributed by atoms with E-state index in [1.165, 1.54) is 23.6 Å². The van der Waals surface area contributed by atoms with Gasteiger partial charge in [-0.25, -0.2) is 0 Å². The fourth-order valence-corrected chi connectivity index (χ4v) is 2.10. The Labute approximate surface area is 79.2 Å². The molecule has 1 atom stereocenters. The van der Waals surface area contributed by atoms with Gasteiger partial charge in [-0.2, -0.15) is 16.9 Å². The summed E-state index contributed by atoms with van der Waals surface area (Å²) < 4.78 is 0. The van der Waals surface area contributed by atoms with E-state index in [1.807, 2.05) is 11.8 Å². The Bertz CT molecular complexity index is 160. The van der Waals surface area contributed by atoms with Crippen molar-refractivity contribution in [2.75, 3.05) is 11.5 Å². The zero-order valence-corrected chi connectivity index (χ0v) is 8.95. The summed E-state index contributed by atoms with van der Waals surface area (Å²) in [4.78, 5) is 0. The molecule has 1 saturated heterocycles. The molecule has 0 aromatic heterocycles. The molecule has 1 aliphatic rings. The highest BCUT2D eigenvalue weighted by atomic mass is 32.2. The van der Waals surface area contributed by atoms with Crippen molar-refractivity contribution in [3.63, 3.8) is 0 Å². The van der Waals surface area contributed by atoms with Crippen molar-refractivity contribution >= 4 is 17.5 Å². The summed E-state index contributed by atoms with van der Waals surface area (Å²) in [7, 11) is 0. The largest absolute Gasteiger partial charge is 0.306 e. The maximum atomic E-state index is 4.36. The topological polar surface area (TPSA) is 24.4 Å². The molecule has 12 heavy (non-hydrogen) atoms. The van der Waals surface area contributed by atoms with Gasteiger partial charge < -0.3 is 5.43 Å². The molecule has 0 bridgehead atoms. The van der Waals surface area contributed by atoms with Gasteiger partial charge in [0.15, 0.2) is 0 Å². The van der Waals surface area contributed by atoms with Crippen LogP contribution in [0.15, 0.2) is 5.10 Å². The molecule has 0 aromatic rings. The third-order valence-corrected chi connectivity index (χ3v) is 3.35. The molecule has 0 spiro atoms. The van der Waals surface area contributed by atoms with Crippen LogP contribution in [0.3, 0.4) is 0 Å². The molecule has 1 unspecified atom stereocenters. The minimum Gasteiger partial charge on any atom is -0.306 e. The minimum absolute atomic E-state index is 0.562. The monoisotopic (exact) mass is 186 g/mol. The summed E-state index contributed by atoms with van der Waals surface area (Å²) in [6, 6.07) is 0.615. The molecule has 0 amide bonds. The molecule has 2 nitrogen and oxygen atoms in total. The van der Waals surface area contributed by atoms with E-state index in [4.69, 9.17) is 0 Å². The first kappa shape index (κ1) is 9.90. The Morgan fingerprint density at radius 3 is 2.83 bits per heavy atom. The molecule has 1 N–H and O–H groups in total. The number of hydrogen-bond donors (Lipinski definition) is 1. The predicted octanol–water partition coefficient (Wildman–Crippen LogP) is 2.11. The SMILES string of the molecule is C/C(=N\NC1CCSC1)C(C)C. The first-order valence-electron chi connectivity index (χ1n) is 4.57. The van der Waals surface area contributed by atoms with Crippen molar-refractivity contribution < 1.29 is 0 Å². The van der Waals surface area contributed by atoms with E-state index in [1.54, 1.807) is 0 Å². The molecule has 0 radical (unpaired) electrons. The van der Waals surface area contributed by atoms with Gasteiger partial charge >= 0.3 is 0 Å². The van der Waals surface area contributed by atoms with Gasteiger partial charge in [-0.3, -0.25) is 0 Å². The highest BCUT2D eigenvalue weighted by Crippen LogP contribution is 2.16. The van der Waals surface area contributed by atoms with Gasteiger partial charge in [0.05, 0.1) is 6.04 Å². The van der Waals surface area contributed by atoms with Crippen molar-refractivity contribution in [2.24, 2.45) is 11.0 Å². The van der Waals surface area contributed by atoms with Crippen molar-refractivity contribution in [1.82, 2.24) is 5.43 Å². The average molecular weight is 186 g/mol. The van der Waals surface area contributed by atoms with Crippen molar-refractivity contribution in [1.29, 1.82) is 0 Å². The number of hydrazone groups is 1. The van der Waals surface area contributed by atoms with Crippen LogP contribution in [-0.2, 0) is 0 Å². The summed E-state index contributed by atoms with van der Waals surface area (Å²) in [5.41, 5.74) is 4.43. The third-order valence-electron chi connectivity index (χ3n) is 2.19. The van der Waals surface area contributed by atoms with Gasteiger partial charge in [-0.15, -0.1) is 0 Å². The third kappa shape index (κ3) is 3.05. The molecule has 1 heterocycles. The first-order chi connectivity index (χ1) is 5.70. The van der Waals surface area contributed by atoms with Gasteiger partial charge in [-0.1, -0.05) is 13.8 Å². The van der Waals surface area contributed by atoms with Gasteiger partial charge in [0, 0.05) is 11.5 Å². The van der Waals surface area contributed by atoms with E-state index in [9.17, 15) is 0 Å². The number of nitrogens with zero attached hydrogens (tertiary/aromatic N) is 1. The van der Waals surface area contributed by atoms with E-state index in [-0.39, 0.29) is 0 Å². The van der Waals surface area contributed by atoms with Crippen LogP contribution in [0.5, 0.6) is 0 Å². The Balaban J connectivity index is 2.26. The summed E-state index contributed by atoms with van der Waals surface area (Å²) in [6.07, 6.45) is 1.26. The Kier molecular flexibility index (Phi) is 3.92. The maximum Gasteiger partial charge on any atom is 0.0538 e. The molecule has 70 valence electrons. The fraction of sp³-hybridized carbons (Fsp3) is 0.889. The summed E-state index contributed by atoms with van der Waals surface area (Å²) in [5, 5.41) is 4.36. The lowest BCUT2D eigenvalue weighted by molar-refractivity contribution is 0.579. The van der Waals surface area contributed by atoms with Crippen LogP contribution in [0.4, 0.5) is 0 Å². The number of rotatable bonds is 3. The molecule has 1 rings (SSSR count). The molecule has 0 saturated carbocycles. The normalized spacial score (nSPS) is 25.0. The molecule has 1 fully saturated rings. The van der Waals surface area contributed by atoms with E-state index < -0.39 is 0 Å². The lowest BCUT2D eigenvalue weighted by Gasteiger charge is -2.10. The van der Waals surface area contributed by atoms with E-state index in [0.717, 1.165) is 0 Å².